The number of carboxylic acid groups (broad SMARTS) is 1. The summed E-state index contributed by atoms with van der Waals surface area (Å²) in [4.78, 5) is 18.8. The van der Waals surface area contributed by atoms with Gasteiger partial charge >= 0.3 is 24.5 Å². The average molecular weight is 692 g/mol. The molecule has 0 spiro atoms. The normalized spacial score (nSPS) is 17.1. The number of aliphatic carboxylic acids is 1. The first kappa shape index (κ1) is 36.3. The second-order valence-electron chi connectivity index (χ2n) is 11.4. The van der Waals surface area contributed by atoms with Gasteiger partial charge in [0.25, 0.3) is 5.95 Å². The van der Waals surface area contributed by atoms with Crippen molar-refractivity contribution >= 4 is 17.7 Å². The standard InChI is InChI=1S/C30H30F9N7O2/c1-3-45(15-19-6-4-18(5-7-19)8-9-25(47)48)26-21(12-24(14-40-26)30(37,38)39)17-46(27-41-43-44(2)42-27)16-20-10-22(28(31,32)33)13-23(11-20)29(34,35)36/h10-14,18-19H,3-7,15-17H2,1-2H3,(H,47,48). The Balaban J connectivity index is 1.71. The molecule has 0 aliphatic heterocycles. The Labute approximate surface area is 268 Å². The highest BCUT2D eigenvalue weighted by molar-refractivity contribution is 5.86. The molecule has 1 saturated carbocycles. The molecule has 2 heterocycles. The first-order chi connectivity index (χ1) is 22.3. The van der Waals surface area contributed by atoms with Crippen molar-refractivity contribution < 1.29 is 49.4 Å². The number of carboxylic acids is 1. The SMILES string of the molecule is CCN(CC1CCC(C#CC(=O)O)CC1)c1ncc(C(F)(F)F)cc1CN(Cc1cc(C(F)(F)F)cc(C(F)(F)F)c1)c1nnn(C)n1. The summed E-state index contributed by atoms with van der Waals surface area (Å²) >= 11 is 0. The molecule has 260 valence electrons. The van der Waals surface area contributed by atoms with E-state index in [-0.39, 0.29) is 35.2 Å². The Kier molecular flexibility index (Phi) is 10.8. The zero-order valence-corrected chi connectivity index (χ0v) is 25.6. The van der Waals surface area contributed by atoms with Crippen molar-refractivity contribution in [1.29, 1.82) is 0 Å². The molecular formula is C30H30F9N7O2. The molecule has 1 aliphatic rings. The first-order valence-corrected chi connectivity index (χ1v) is 14.7. The molecule has 3 aromatic rings. The number of pyridine rings is 1. The zero-order chi connectivity index (χ0) is 35.4. The van der Waals surface area contributed by atoms with Crippen LogP contribution >= 0.6 is 0 Å². The zero-order valence-electron chi connectivity index (χ0n) is 25.6. The van der Waals surface area contributed by atoms with E-state index in [0.29, 0.717) is 57.1 Å². The van der Waals surface area contributed by atoms with Crippen LogP contribution in [0.5, 0.6) is 0 Å². The highest BCUT2D eigenvalue weighted by Crippen LogP contribution is 2.38. The Bertz CT molecular complexity index is 1620. The predicted octanol–water partition coefficient (Wildman–Crippen LogP) is 6.59. The number of halogens is 9. The summed E-state index contributed by atoms with van der Waals surface area (Å²) in [6.07, 6.45) is -11.8. The lowest BCUT2D eigenvalue weighted by atomic mass is 9.82. The Morgan fingerprint density at radius 3 is 2.00 bits per heavy atom. The number of rotatable bonds is 9. The van der Waals surface area contributed by atoms with E-state index < -0.39 is 59.8 Å². The van der Waals surface area contributed by atoms with Gasteiger partial charge in [-0.25, -0.2) is 9.78 Å². The molecule has 1 aliphatic carbocycles. The molecular weight excluding hydrogens is 661 g/mol. The van der Waals surface area contributed by atoms with Crippen molar-refractivity contribution in [2.45, 2.75) is 64.2 Å². The van der Waals surface area contributed by atoms with Gasteiger partial charge in [0.15, 0.2) is 0 Å². The lowest BCUT2D eigenvalue weighted by molar-refractivity contribution is -0.143. The van der Waals surface area contributed by atoms with Gasteiger partial charge in [-0.05, 0) is 73.6 Å². The van der Waals surface area contributed by atoms with Gasteiger partial charge in [0, 0.05) is 49.8 Å². The molecule has 48 heavy (non-hydrogen) atoms. The third-order valence-corrected chi connectivity index (χ3v) is 7.82. The minimum atomic E-state index is -5.12. The molecule has 0 saturated heterocycles. The summed E-state index contributed by atoms with van der Waals surface area (Å²) in [5.74, 6) is 3.46. The number of aryl methyl sites for hydroxylation is 1. The molecule has 0 bridgehead atoms. The van der Waals surface area contributed by atoms with E-state index in [1.165, 1.54) is 7.05 Å². The molecule has 0 atom stereocenters. The largest absolute Gasteiger partial charge is 0.472 e. The Morgan fingerprint density at radius 2 is 1.50 bits per heavy atom. The molecule has 0 amide bonds. The van der Waals surface area contributed by atoms with Crippen LogP contribution in [0.1, 0.15) is 60.4 Å². The van der Waals surface area contributed by atoms with Gasteiger partial charge in [0.05, 0.1) is 23.7 Å². The van der Waals surface area contributed by atoms with E-state index in [4.69, 9.17) is 5.11 Å². The van der Waals surface area contributed by atoms with Crippen LogP contribution in [0.15, 0.2) is 30.5 Å². The van der Waals surface area contributed by atoms with Crippen molar-refractivity contribution in [3.05, 3.63) is 58.3 Å². The molecule has 2 aromatic heterocycles. The number of aromatic nitrogens is 5. The highest BCUT2D eigenvalue weighted by Gasteiger charge is 2.38. The Morgan fingerprint density at radius 1 is 0.896 bits per heavy atom. The number of alkyl halides is 9. The number of hydrogen-bond donors (Lipinski definition) is 1. The molecule has 18 heteroatoms. The van der Waals surface area contributed by atoms with Crippen LogP contribution in [-0.4, -0.2) is 49.4 Å². The summed E-state index contributed by atoms with van der Waals surface area (Å²) in [6.45, 7) is 1.30. The van der Waals surface area contributed by atoms with Crippen LogP contribution in [0.2, 0.25) is 0 Å². The van der Waals surface area contributed by atoms with E-state index in [9.17, 15) is 44.3 Å². The second-order valence-corrected chi connectivity index (χ2v) is 11.4. The van der Waals surface area contributed by atoms with Crippen LogP contribution < -0.4 is 9.80 Å². The monoisotopic (exact) mass is 691 g/mol. The second kappa shape index (κ2) is 14.3. The number of anilines is 2. The smallest absolute Gasteiger partial charge is 0.417 e. The maximum Gasteiger partial charge on any atom is 0.417 e. The van der Waals surface area contributed by atoms with Crippen molar-refractivity contribution in [3.63, 3.8) is 0 Å². The quantitative estimate of drug-likeness (QED) is 0.198. The lowest BCUT2D eigenvalue weighted by Crippen LogP contribution is -2.34. The number of nitrogens with zero attached hydrogens (tertiary/aromatic N) is 7. The number of carbonyl (C=O) groups is 1. The molecule has 1 fully saturated rings. The van der Waals surface area contributed by atoms with Crippen LogP contribution in [-0.2, 0) is 43.5 Å². The minimum Gasteiger partial charge on any atom is -0.472 e. The highest BCUT2D eigenvalue weighted by atomic mass is 19.4. The third-order valence-electron chi connectivity index (χ3n) is 7.82. The van der Waals surface area contributed by atoms with E-state index in [2.05, 4.69) is 32.2 Å². The van der Waals surface area contributed by atoms with Crippen LogP contribution in [0.4, 0.5) is 51.3 Å². The summed E-state index contributed by atoms with van der Waals surface area (Å²) in [5, 5.41) is 20.3. The van der Waals surface area contributed by atoms with Crippen molar-refractivity contribution in [3.8, 4) is 11.8 Å². The topological polar surface area (TPSA) is 100 Å². The summed E-state index contributed by atoms with van der Waals surface area (Å²) in [7, 11) is 1.36. The van der Waals surface area contributed by atoms with Crippen LogP contribution in [0.25, 0.3) is 0 Å². The van der Waals surface area contributed by atoms with Crippen LogP contribution in [0, 0.1) is 23.7 Å². The molecule has 4 rings (SSSR count). The molecule has 9 nitrogen and oxygen atoms in total. The summed E-state index contributed by atoms with van der Waals surface area (Å²) < 4.78 is 123. The van der Waals surface area contributed by atoms with E-state index >= 15 is 0 Å². The number of hydrogen-bond acceptors (Lipinski definition) is 7. The Hall–Kier alpha value is -4.56. The van der Waals surface area contributed by atoms with Crippen molar-refractivity contribution in [2.75, 3.05) is 22.9 Å². The van der Waals surface area contributed by atoms with Crippen molar-refractivity contribution in [1.82, 2.24) is 25.2 Å². The predicted molar refractivity (Wildman–Crippen MR) is 153 cm³/mol. The number of benzene rings is 1. The maximum atomic E-state index is 13.9. The molecule has 1 N–H and O–H groups in total. The van der Waals surface area contributed by atoms with Gasteiger partial charge in [-0.2, -0.15) is 44.3 Å². The van der Waals surface area contributed by atoms with E-state index in [1.807, 2.05) is 0 Å². The number of tetrazole rings is 1. The fourth-order valence-corrected chi connectivity index (χ4v) is 5.52. The lowest BCUT2D eigenvalue weighted by Gasteiger charge is -2.33. The van der Waals surface area contributed by atoms with E-state index in [0.717, 1.165) is 15.8 Å². The van der Waals surface area contributed by atoms with Gasteiger partial charge in [0.1, 0.15) is 5.82 Å². The van der Waals surface area contributed by atoms with Gasteiger partial charge in [-0.15, -0.1) is 5.10 Å². The van der Waals surface area contributed by atoms with Crippen molar-refractivity contribution in [2.24, 2.45) is 18.9 Å². The first-order valence-electron chi connectivity index (χ1n) is 14.7. The average Bonchev–Trinajstić information content (AvgIpc) is 3.43. The van der Waals surface area contributed by atoms with Gasteiger partial charge in [0.2, 0.25) is 0 Å². The minimum absolute atomic E-state index is 0.0193. The summed E-state index contributed by atoms with van der Waals surface area (Å²) in [5.41, 5.74) is -4.69. The van der Waals surface area contributed by atoms with Gasteiger partial charge in [-0.3, -0.25) is 0 Å². The molecule has 0 unspecified atom stereocenters. The van der Waals surface area contributed by atoms with Gasteiger partial charge in [-0.1, -0.05) is 11.0 Å². The fraction of sp³-hybridized carbons (Fsp3) is 0.500. The van der Waals surface area contributed by atoms with E-state index in [1.54, 1.807) is 11.8 Å². The van der Waals surface area contributed by atoms with Crippen LogP contribution in [0.3, 0.4) is 0 Å². The third kappa shape index (κ3) is 9.50. The molecule has 0 radical (unpaired) electrons. The maximum absolute atomic E-state index is 13.9. The van der Waals surface area contributed by atoms with Gasteiger partial charge < -0.3 is 14.9 Å². The molecule has 1 aromatic carbocycles. The summed E-state index contributed by atoms with van der Waals surface area (Å²) in [6, 6.07) is 1.87. The fourth-order valence-electron chi connectivity index (χ4n) is 5.52.